The molecule has 0 saturated carbocycles. The van der Waals surface area contributed by atoms with Crippen LogP contribution in [-0.4, -0.2) is 59.3 Å². The van der Waals surface area contributed by atoms with Crippen LogP contribution in [0.3, 0.4) is 0 Å². The highest BCUT2D eigenvalue weighted by atomic mass is 19.1. The number of amides is 1. The third-order valence-corrected chi connectivity index (χ3v) is 8.50. The van der Waals surface area contributed by atoms with Gasteiger partial charge in [0.2, 0.25) is 5.43 Å². The number of carbonyl (C=O) groups excluding carboxylic acids is 1. The Balaban J connectivity index is 1.49. The quantitative estimate of drug-likeness (QED) is 0.247. The van der Waals surface area contributed by atoms with Crippen molar-refractivity contribution in [2.45, 2.75) is 45.2 Å². The standard InChI is InChI=1S/C32H35FN4O4/c1-18(2)25(17-38)35-28-24(33)15-22-29-31(28)41-27-14-20-8-5-4-7-19(20)13-26(27)37(29)16-23(30(22)39)32(40)34-11-10-21-9-6-12-36(21)3/h4-5,7-8,13-16,18,21,25,35,38H,6,9-12,17H2,1-3H3,(H,34,40)/t21?,25-/m1/s1. The van der Waals surface area contributed by atoms with Gasteiger partial charge >= 0.3 is 0 Å². The number of nitrogens with zero attached hydrogens (tertiary/aromatic N) is 2. The molecule has 3 N–H and O–H groups in total. The minimum Gasteiger partial charge on any atom is -0.451 e. The second-order valence-corrected chi connectivity index (χ2v) is 11.5. The molecule has 2 atom stereocenters. The van der Waals surface area contributed by atoms with Gasteiger partial charge in [-0.1, -0.05) is 38.1 Å². The molecule has 3 aromatic carbocycles. The number of pyridine rings is 1. The van der Waals surface area contributed by atoms with Gasteiger partial charge in [-0.15, -0.1) is 0 Å². The lowest BCUT2D eigenvalue weighted by atomic mass is 10.0. The summed E-state index contributed by atoms with van der Waals surface area (Å²) in [6.45, 7) is 5.12. The van der Waals surface area contributed by atoms with Crippen molar-refractivity contribution in [3.63, 3.8) is 0 Å². The van der Waals surface area contributed by atoms with Crippen LogP contribution in [0.4, 0.5) is 10.1 Å². The van der Waals surface area contributed by atoms with E-state index >= 15 is 4.39 Å². The maximum Gasteiger partial charge on any atom is 0.256 e. The van der Waals surface area contributed by atoms with E-state index in [0.29, 0.717) is 29.5 Å². The molecule has 1 unspecified atom stereocenters. The van der Waals surface area contributed by atoms with Crippen LogP contribution in [-0.2, 0) is 0 Å². The molecular formula is C32H35FN4O4. The maximum absolute atomic E-state index is 15.8. The normalized spacial score (nSPS) is 17.1. The lowest BCUT2D eigenvalue weighted by Gasteiger charge is -2.29. The monoisotopic (exact) mass is 558 g/mol. The van der Waals surface area contributed by atoms with Gasteiger partial charge < -0.3 is 29.9 Å². The minimum atomic E-state index is -0.693. The summed E-state index contributed by atoms with van der Waals surface area (Å²) >= 11 is 0. The second-order valence-electron chi connectivity index (χ2n) is 11.5. The molecule has 0 bridgehead atoms. The number of fused-ring (bicyclic) bond motifs is 3. The number of ether oxygens (including phenoxy) is 1. The summed E-state index contributed by atoms with van der Waals surface area (Å²) in [4.78, 5) is 29.4. The van der Waals surface area contributed by atoms with E-state index in [1.54, 1.807) is 4.57 Å². The first-order chi connectivity index (χ1) is 19.8. The number of likely N-dealkylation sites (tertiary alicyclic amines) is 1. The summed E-state index contributed by atoms with van der Waals surface area (Å²) in [5.41, 5.74) is 0.456. The van der Waals surface area contributed by atoms with Crippen LogP contribution in [0, 0.1) is 11.7 Å². The first kappa shape index (κ1) is 27.2. The zero-order valence-electron chi connectivity index (χ0n) is 23.5. The van der Waals surface area contributed by atoms with Crippen LogP contribution in [0.5, 0.6) is 11.5 Å². The van der Waals surface area contributed by atoms with Crippen molar-refractivity contribution in [1.29, 1.82) is 0 Å². The molecule has 4 aromatic rings. The summed E-state index contributed by atoms with van der Waals surface area (Å²) in [5, 5.41) is 17.9. The highest BCUT2D eigenvalue weighted by molar-refractivity contribution is 6.02. The molecule has 6 rings (SSSR count). The van der Waals surface area contributed by atoms with Gasteiger partial charge in [-0.2, -0.15) is 0 Å². The maximum atomic E-state index is 15.8. The smallest absolute Gasteiger partial charge is 0.256 e. The molecule has 2 aliphatic heterocycles. The van der Waals surface area contributed by atoms with Crippen molar-refractivity contribution >= 4 is 33.3 Å². The van der Waals surface area contributed by atoms with Crippen molar-refractivity contribution < 1.29 is 19.0 Å². The van der Waals surface area contributed by atoms with E-state index in [4.69, 9.17) is 4.74 Å². The minimum absolute atomic E-state index is 0.000553. The fourth-order valence-corrected chi connectivity index (χ4v) is 6.00. The third kappa shape index (κ3) is 4.83. The summed E-state index contributed by atoms with van der Waals surface area (Å²) in [5.74, 6) is -0.564. The molecule has 2 aliphatic rings. The molecule has 0 radical (unpaired) electrons. The Kier molecular flexibility index (Phi) is 7.17. The molecule has 3 heterocycles. The number of carbonyl (C=O) groups is 1. The van der Waals surface area contributed by atoms with Crippen LogP contribution in [0.15, 0.2) is 53.5 Å². The molecule has 1 fully saturated rings. The summed E-state index contributed by atoms with van der Waals surface area (Å²) in [6, 6.07) is 12.7. The Morgan fingerprint density at radius 1 is 1.20 bits per heavy atom. The van der Waals surface area contributed by atoms with Gasteiger partial charge in [-0.05, 0) is 67.7 Å². The Hall–Kier alpha value is -3.95. The van der Waals surface area contributed by atoms with Gasteiger partial charge in [0.1, 0.15) is 16.8 Å². The fraction of sp³-hybridized carbons (Fsp3) is 0.375. The van der Waals surface area contributed by atoms with E-state index in [9.17, 15) is 14.7 Å². The largest absolute Gasteiger partial charge is 0.451 e. The number of aromatic nitrogens is 1. The number of benzene rings is 3. The molecule has 0 aliphatic carbocycles. The zero-order chi connectivity index (χ0) is 28.8. The lowest BCUT2D eigenvalue weighted by molar-refractivity contribution is 0.0949. The summed E-state index contributed by atoms with van der Waals surface area (Å²) < 4.78 is 23.8. The number of hydrogen-bond donors (Lipinski definition) is 3. The summed E-state index contributed by atoms with van der Waals surface area (Å²) in [6.07, 6.45) is 4.56. The van der Waals surface area contributed by atoms with Crippen molar-refractivity contribution in [2.24, 2.45) is 5.92 Å². The first-order valence-corrected chi connectivity index (χ1v) is 14.3. The van der Waals surface area contributed by atoms with Crippen molar-refractivity contribution in [3.8, 4) is 17.2 Å². The Bertz CT molecular complexity index is 1720. The Morgan fingerprint density at radius 2 is 1.95 bits per heavy atom. The van der Waals surface area contributed by atoms with Crippen molar-refractivity contribution in [1.82, 2.24) is 14.8 Å². The van der Waals surface area contributed by atoms with Gasteiger partial charge in [-0.3, -0.25) is 9.59 Å². The lowest BCUT2D eigenvalue weighted by Crippen LogP contribution is -2.34. The van der Waals surface area contributed by atoms with Crippen molar-refractivity contribution in [3.05, 3.63) is 70.3 Å². The van der Waals surface area contributed by atoms with Crippen LogP contribution in [0.25, 0.3) is 27.4 Å². The summed E-state index contributed by atoms with van der Waals surface area (Å²) in [7, 11) is 2.09. The van der Waals surface area contributed by atoms with Gasteiger partial charge in [-0.25, -0.2) is 4.39 Å². The number of aliphatic hydroxyl groups is 1. The van der Waals surface area contributed by atoms with Crippen LogP contribution in [0.2, 0.25) is 0 Å². The number of hydrogen-bond acceptors (Lipinski definition) is 6. The highest BCUT2D eigenvalue weighted by Crippen LogP contribution is 2.46. The van der Waals surface area contributed by atoms with Crippen LogP contribution < -0.4 is 20.8 Å². The first-order valence-electron chi connectivity index (χ1n) is 14.3. The van der Waals surface area contributed by atoms with Crippen LogP contribution in [0.1, 0.15) is 43.5 Å². The Morgan fingerprint density at radius 3 is 2.63 bits per heavy atom. The number of halogens is 1. The van der Waals surface area contributed by atoms with E-state index in [2.05, 4.69) is 22.6 Å². The molecule has 1 amide bonds. The van der Waals surface area contributed by atoms with E-state index in [0.717, 1.165) is 42.6 Å². The molecule has 0 spiro atoms. The van der Waals surface area contributed by atoms with E-state index < -0.39 is 23.2 Å². The average Bonchev–Trinajstić information content (AvgIpc) is 3.37. The second kappa shape index (κ2) is 10.8. The average molecular weight is 559 g/mol. The third-order valence-electron chi connectivity index (χ3n) is 8.50. The molecular weight excluding hydrogens is 523 g/mol. The van der Waals surface area contributed by atoms with Crippen LogP contribution >= 0.6 is 0 Å². The predicted molar refractivity (Wildman–Crippen MR) is 159 cm³/mol. The highest BCUT2D eigenvalue weighted by Gasteiger charge is 2.30. The van der Waals surface area contributed by atoms with Crippen molar-refractivity contribution in [2.75, 3.05) is 32.1 Å². The number of aliphatic hydroxyl groups excluding tert-OH is 1. The zero-order valence-corrected chi connectivity index (χ0v) is 23.5. The van der Waals surface area contributed by atoms with Gasteiger partial charge in [0, 0.05) is 18.8 Å². The number of rotatable bonds is 8. The molecule has 1 saturated heterocycles. The topological polar surface area (TPSA) is 95.8 Å². The van der Waals surface area contributed by atoms with Gasteiger partial charge in [0.05, 0.1) is 23.7 Å². The molecule has 214 valence electrons. The molecule has 1 aromatic heterocycles. The van der Waals surface area contributed by atoms with Gasteiger partial charge in [0.25, 0.3) is 5.91 Å². The van der Waals surface area contributed by atoms with E-state index in [-0.39, 0.29) is 34.9 Å². The Labute approximate surface area is 237 Å². The van der Waals surface area contributed by atoms with E-state index in [1.165, 1.54) is 6.20 Å². The predicted octanol–water partition coefficient (Wildman–Crippen LogP) is 5.03. The molecule has 41 heavy (non-hydrogen) atoms. The van der Waals surface area contributed by atoms with E-state index in [1.807, 2.05) is 50.2 Å². The van der Waals surface area contributed by atoms with Gasteiger partial charge in [0.15, 0.2) is 17.3 Å². The number of nitrogens with one attached hydrogen (secondary N) is 2. The fourth-order valence-electron chi connectivity index (χ4n) is 6.00. The number of anilines is 1. The SMILES string of the molecule is CC(C)[C@@H](CO)Nc1c(F)cc2c(=O)c(C(=O)NCCC3CCCN3C)cn3c2c1Oc1cc2ccccc2cc1-3. The molecule has 8 nitrogen and oxygen atoms in total. The molecule has 9 heteroatoms.